The number of aromatic nitrogens is 2. The molecule has 1 N–H and O–H groups in total. The molecule has 0 radical (unpaired) electrons. The summed E-state index contributed by atoms with van der Waals surface area (Å²) < 4.78 is 15.6. The molecule has 0 aliphatic carbocycles. The van der Waals surface area contributed by atoms with Gasteiger partial charge in [0, 0.05) is 5.56 Å². The zero-order valence-corrected chi connectivity index (χ0v) is 13.9. The van der Waals surface area contributed by atoms with Crippen molar-refractivity contribution in [1.29, 1.82) is 0 Å². The fourth-order valence-electron chi connectivity index (χ4n) is 2.08. The number of nitrogens with one attached hydrogen (secondary N) is 1. The molecule has 0 unspecified atom stereocenters. The number of carbonyl (C=O) groups excluding carboxylic acids is 1. The molecular weight excluding hydrogens is 366 g/mol. The number of nitrogens with zero attached hydrogens (tertiary/aromatic N) is 2. The number of aryl methyl sites for hydroxylation is 1. The Labute approximate surface area is 139 Å². The van der Waals surface area contributed by atoms with E-state index in [0.717, 1.165) is 16.9 Å². The van der Waals surface area contributed by atoms with Gasteiger partial charge in [0.05, 0.1) is 7.11 Å². The van der Waals surface area contributed by atoms with Gasteiger partial charge in [-0.25, -0.2) is 4.63 Å². The summed E-state index contributed by atoms with van der Waals surface area (Å²) in [6, 6.07) is 8.66. The SMILES string of the molecule is COc1ccc(-c2nonc2NC(=O)c2ccc(Br)o2)c(C)c1. The summed E-state index contributed by atoms with van der Waals surface area (Å²) in [5.41, 5.74) is 2.13. The predicted octanol–water partition coefficient (Wildman–Crippen LogP) is 3.66. The lowest BCUT2D eigenvalue weighted by Crippen LogP contribution is -2.12. The summed E-state index contributed by atoms with van der Waals surface area (Å²) >= 11 is 3.15. The number of ether oxygens (including phenoxy) is 1. The van der Waals surface area contributed by atoms with Crippen molar-refractivity contribution >= 4 is 27.7 Å². The van der Waals surface area contributed by atoms with Gasteiger partial charge in [0.2, 0.25) is 5.82 Å². The molecule has 8 heteroatoms. The van der Waals surface area contributed by atoms with Gasteiger partial charge in [-0.15, -0.1) is 0 Å². The largest absolute Gasteiger partial charge is 0.497 e. The lowest BCUT2D eigenvalue weighted by molar-refractivity contribution is 0.0994. The number of carbonyl (C=O) groups is 1. The fourth-order valence-corrected chi connectivity index (χ4v) is 2.39. The third-order valence-electron chi connectivity index (χ3n) is 3.21. The average molecular weight is 378 g/mol. The van der Waals surface area contributed by atoms with Crippen molar-refractivity contribution in [2.45, 2.75) is 6.92 Å². The van der Waals surface area contributed by atoms with Crippen LogP contribution in [0.15, 0.2) is 44.0 Å². The van der Waals surface area contributed by atoms with Crippen molar-refractivity contribution < 1.29 is 18.6 Å². The summed E-state index contributed by atoms with van der Waals surface area (Å²) in [6.45, 7) is 1.90. The summed E-state index contributed by atoms with van der Waals surface area (Å²) in [4.78, 5) is 12.1. The van der Waals surface area contributed by atoms with E-state index in [1.165, 1.54) is 0 Å². The molecule has 0 spiro atoms. The third kappa shape index (κ3) is 3.11. The Kier molecular flexibility index (Phi) is 4.16. The van der Waals surface area contributed by atoms with E-state index in [9.17, 15) is 4.79 Å². The molecule has 0 aliphatic rings. The molecule has 1 aromatic carbocycles. The van der Waals surface area contributed by atoms with Crippen LogP contribution in [-0.4, -0.2) is 23.3 Å². The van der Waals surface area contributed by atoms with Gasteiger partial charge in [-0.3, -0.25) is 10.1 Å². The number of halogens is 1. The van der Waals surface area contributed by atoms with Crippen LogP contribution in [0, 0.1) is 6.92 Å². The standard InChI is InChI=1S/C15H12BrN3O4/c1-8-7-9(21-2)3-4-10(8)13-14(19-23-18-13)17-15(20)11-5-6-12(16)22-11/h3-7H,1-2H3,(H,17,19,20). The van der Waals surface area contributed by atoms with E-state index < -0.39 is 5.91 Å². The Morgan fingerprint density at radius 2 is 2.09 bits per heavy atom. The van der Waals surface area contributed by atoms with Crippen molar-refractivity contribution in [1.82, 2.24) is 10.3 Å². The normalized spacial score (nSPS) is 10.6. The first-order valence-corrected chi connectivity index (χ1v) is 7.42. The molecule has 0 bridgehead atoms. The van der Waals surface area contributed by atoms with E-state index >= 15 is 0 Å². The number of benzene rings is 1. The van der Waals surface area contributed by atoms with Crippen molar-refractivity contribution in [3.05, 3.63) is 46.3 Å². The second kappa shape index (κ2) is 6.25. The van der Waals surface area contributed by atoms with Crippen LogP contribution in [0.2, 0.25) is 0 Å². The van der Waals surface area contributed by atoms with Gasteiger partial charge in [0.15, 0.2) is 16.1 Å². The number of furan rings is 1. The van der Waals surface area contributed by atoms with Gasteiger partial charge in [-0.2, -0.15) is 0 Å². The molecular formula is C15H12BrN3O4. The van der Waals surface area contributed by atoms with Crippen molar-refractivity contribution in [2.75, 3.05) is 12.4 Å². The molecule has 0 aliphatic heterocycles. The molecule has 3 aromatic rings. The highest BCUT2D eigenvalue weighted by molar-refractivity contribution is 9.10. The Morgan fingerprint density at radius 1 is 1.26 bits per heavy atom. The van der Waals surface area contributed by atoms with Crippen LogP contribution in [0.25, 0.3) is 11.3 Å². The van der Waals surface area contributed by atoms with Crippen LogP contribution < -0.4 is 10.1 Å². The minimum atomic E-state index is -0.446. The number of rotatable bonds is 4. The zero-order chi connectivity index (χ0) is 16.4. The van der Waals surface area contributed by atoms with Crippen LogP contribution >= 0.6 is 15.9 Å². The van der Waals surface area contributed by atoms with Crippen molar-refractivity contribution in [2.24, 2.45) is 0 Å². The molecule has 1 amide bonds. The maximum Gasteiger partial charge on any atom is 0.292 e. The number of amides is 1. The second-order valence-electron chi connectivity index (χ2n) is 4.70. The quantitative estimate of drug-likeness (QED) is 0.745. The first-order chi connectivity index (χ1) is 11.1. The van der Waals surface area contributed by atoms with Gasteiger partial charge < -0.3 is 9.15 Å². The highest BCUT2D eigenvalue weighted by atomic mass is 79.9. The van der Waals surface area contributed by atoms with Crippen LogP contribution in [0.5, 0.6) is 5.75 Å². The van der Waals surface area contributed by atoms with E-state index in [1.54, 1.807) is 25.3 Å². The Balaban J connectivity index is 1.89. The van der Waals surface area contributed by atoms with Crippen LogP contribution in [0.1, 0.15) is 16.1 Å². The molecule has 2 aromatic heterocycles. The third-order valence-corrected chi connectivity index (χ3v) is 3.63. The highest BCUT2D eigenvalue weighted by Gasteiger charge is 2.19. The molecule has 0 saturated heterocycles. The van der Waals surface area contributed by atoms with E-state index in [4.69, 9.17) is 13.8 Å². The van der Waals surface area contributed by atoms with E-state index in [2.05, 4.69) is 31.6 Å². The Hall–Kier alpha value is -2.61. The lowest BCUT2D eigenvalue weighted by atomic mass is 10.1. The predicted molar refractivity (Wildman–Crippen MR) is 85.4 cm³/mol. The molecule has 0 atom stereocenters. The van der Waals surface area contributed by atoms with E-state index in [1.807, 2.05) is 19.1 Å². The van der Waals surface area contributed by atoms with Gasteiger partial charge in [-0.1, -0.05) is 0 Å². The van der Waals surface area contributed by atoms with Crippen molar-refractivity contribution in [3.8, 4) is 17.0 Å². The molecule has 0 fully saturated rings. The van der Waals surface area contributed by atoms with Gasteiger partial charge >= 0.3 is 0 Å². The first kappa shape index (κ1) is 15.3. The van der Waals surface area contributed by atoms with E-state index in [-0.39, 0.29) is 11.6 Å². The molecule has 23 heavy (non-hydrogen) atoms. The second-order valence-corrected chi connectivity index (χ2v) is 5.48. The van der Waals surface area contributed by atoms with Crippen LogP contribution in [0.4, 0.5) is 5.82 Å². The maximum absolute atomic E-state index is 12.1. The highest BCUT2D eigenvalue weighted by Crippen LogP contribution is 2.30. The fraction of sp³-hybridized carbons (Fsp3) is 0.133. The van der Waals surface area contributed by atoms with Gasteiger partial charge in [0.1, 0.15) is 5.75 Å². The zero-order valence-electron chi connectivity index (χ0n) is 12.3. The molecule has 0 saturated carbocycles. The van der Waals surface area contributed by atoms with E-state index in [0.29, 0.717) is 10.4 Å². The number of hydrogen-bond acceptors (Lipinski definition) is 6. The topological polar surface area (TPSA) is 90.4 Å². The number of methoxy groups -OCH3 is 1. The first-order valence-electron chi connectivity index (χ1n) is 6.62. The average Bonchev–Trinajstić information content (AvgIpc) is 3.16. The Bertz CT molecular complexity index is 856. The van der Waals surface area contributed by atoms with Gasteiger partial charge in [-0.05, 0) is 69.1 Å². The maximum atomic E-state index is 12.1. The monoisotopic (exact) mass is 377 g/mol. The number of anilines is 1. The van der Waals surface area contributed by atoms with Crippen LogP contribution in [-0.2, 0) is 0 Å². The molecule has 3 rings (SSSR count). The molecule has 118 valence electrons. The smallest absolute Gasteiger partial charge is 0.292 e. The van der Waals surface area contributed by atoms with Crippen molar-refractivity contribution in [3.63, 3.8) is 0 Å². The van der Waals surface area contributed by atoms with Gasteiger partial charge in [0.25, 0.3) is 5.91 Å². The molecule has 2 heterocycles. The minimum Gasteiger partial charge on any atom is -0.497 e. The summed E-state index contributed by atoms with van der Waals surface area (Å²) in [5, 5.41) is 10.2. The summed E-state index contributed by atoms with van der Waals surface area (Å²) in [5.74, 6) is 0.653. The van der Waals surface area contributed by atoms with Crippen LogP contribution in [0.3, 0.4) is 0 Å². The molecule has 7 nitrogen and oxygen atoms in total. The Morgan fingerprint density at radius 3 is 2.74 bits per heavy atom. The minimum absolute atomic E-state index is 0.150. The lowest BCUT2D eigenvalue weighted by Gasteiger charge is -2.06. The summed E-state index contributed by atoms with van der Waals surface area (Å²) in [7, 11) is 1.60. The number of hydrogen-bond donors (Lipinski definition) is 1. The summed E-state index contributed by atoms with van der Waals surface area (Å²) in [6.07, 6.45) is 0.